The molecule has 29 heavy (non-hydrogen) atoms. The number of carbonyl (C=O) groups excluding carboxylic acids is 1. The molecule has 0 radical (unpaired) electrons. The van der Waals surface area contributed by atoms with Crippen LogP contribution in [0.1, 0.15) is 98.3 Å². The number of hydrogen-bond acceptors (Lipinski definition) is 3. The summed E-state index contributed by atoms with van der Waals surface area (Å²) in [5.74, 6) is 2.02. The highest BCUT2D eigenvalue weighted by Crippen LogP contribution is 2.65. The molecule has 3 fully saturated rings. The van der Waals surface area contributed by atoms with Crippen molar-refractivity contribution in [2.45, 2.75) is 110 Å². The molecule has 0 aromatic carbocycles. The lowest BCUT2D eigenvalue weighted by Gasteiger charge is -2.56. The van der Waals surface area contributed by atoms with Crippen molar-refractivity contribution in [2.24, 2.45) is 34.5 Å². The molecule has 0 aliphatic heterocycles. The van der Waals surface area contributed by atoms with E-state index in [1.54, 1.807) is 0 Å². The zero-order valence-electron chi connectivity index (χ0n) is 19.0. The van der Waals surface area contributed by atoms with Crippen LogP contribution < -0.4 is 0 Å². The Bertz CT molecular complexity index is 674. The van der Waals surface area contributed by atoms with E-state index in [0.717, 1.165) is 38.5 Å². The van der Waals surface area contributed by atoms with Gasteiger partial charge in [0.15, 0.2) is 5.78 Å². The van der Waals surface area contributed by atoms with E-state index < -0.39 is 5.60 Å². The van der Waals surface area contributed by atoms with Gasteiger partial charge in [-0.15, -0.1) is 0 Å². The van der Waals surface area contributed by atoms with E-state index in [1.165, 1.54) is 37.7 Å². The van der Waals surface area contributed by atoms with Gasteiger partial charge >= 0.3 is 0 Å². The first kappa shape index (κ1) is 21.6. The molecule has 164 valence electrons. The third kappa shape index (κ3) is 3.65. The molecule has 0 bridgehead atoms. The first-order valence-corrected chi connectivity index (χ1v) is 12.2. The number of rotatable bonds is 5. The predicted octanol–water partition coefficient (Wildman–Crippen LogP) is 5.44. The van der Waals surface area contributed by atoms with Crippen molar-refractivity contribution in [3.05, 3.63) is 11.6 Å². The molecular formula is C26H42O3. The fourth-order valence-corrected chi connectivity index (χ4v) is 8.03. The molecule has 4 rings (SSSR count). The Labute approximate surface area is 177 Å². The molecule has 2 N–H and O–H groups in total. The Morgan fingerprint density at radius 1 is 1.03 bits per heavy atom. The molecule has 7 atom stereocenters. The van der Waals surface area contributed by atoms with Crippen LogP contribution in [0.3, 0.4) is 0 Å². The Balaban J connectivity index is 1.53. The van der Waals surface area contributed by atoms with Crippen molar-refractivity contribution in [1.29, 1.82) is 0 Å². The molecule has 7 unspecified atom stereocenters. The largest absolute Gasteiger partial charge is 0.393 e. The quantitative estimate of drug-likeness (QED) is 0.644. The molecule has 3 saturated carbocycles. The third-order valence-corrected chi connectivity index (χ3v) is 9.64. The van der Waals surface area contributed by atoms with E-state index in [1.807, 2.05) is 13.8 Å². The molecule has 0 aromatic heterocycles. The van der Waals surface area contributed by atoms with Crippen LogP contribution in [-0.2, 0) is 4.79 Å². The summed E-state index contributed by atoms with van der Waals surface area (Å²) in [5, 5.41) is 21.1. The van der Waals surface area contributed by atoms with Gasteiger partial charge in [0.25, 0.3) is 0 Å². The summed E-state index contributed by atoms with van der Waals surface area (Å²) in [6, 6.07) is 0. The Hall–Kier alpha value is -0.670. The fraction of sp³-hybridized carbons (Fsp3) is 0.885. The van der Waals surface area contributed by atoms with Gasteiger partial charge in [-0.25, -0.2) is 0 Å². The number of hydrogen-bond donors (Lipinski definition) is 2. The lowest BCUT2D eigenvalue weighted by Crippen LogP contribution is -2.51. The Kier molecular flexibility index (Phi) is 5.56. The maximum Gasteiger partial charge on any atom is 0.159 e. The lowest BCUT2D eigenvalue weighted by molar-refractivity contribution is -0.128. The minimum Gasteiger partial charge on any atom is -0.393 e. The Morgan fingerprint density at radius 2 is 1.76 bits per heavy atom. The smallest absolute Gasteiger partial charge is 0.159 e. The third-order valence-electron chi connectivity index (χ3n) is 9.64. The number of aliphatic hydroxyl groups excluding tert-OH is 1. The van der Waals surface area contributed by atoms with Crippen LogP contribution in [0, 0.1) is 34.5 Å². The van der Waals surface area contributed by atoms with Gasteiger partial charge in [0.05, 0.1) is 11.7 Å². The Morgan fingerprint density at radius 3 is 2.48 bits per heavy atom. The first-order chi connectivity index (χ1) is 13.6. The molecule has 4 aliphatic carbocycles. The van der Waals surface area contributed by atoms with Crippen LogP contribution in [0.2, 0.25) is 0 Å². The molecule has 0 saturated heterocycles. The van der Waals surface area contributed by atoms with Crippen LogP contribution in [0.4, 0.5) is 0 Å². The minimum absolute atomic E-state index is 0.120. The molecule has 3 heteroatoms. The number of aliphatic hydroxyl groups is 2. The standard InChI is InChI=1S/C26H42O3/c1-24(2,29)13-7-9-22(27)21-11-10-18-17-16-23(28)20-8-5-6-14-25(20,3)19(17)12-15-26(18,21)4/h16,18-22,27,29H,5-15H2,1-4H3. The van der Waals surface area contributed by atoms with Gasteiger partial charge in [-0.1, -0.05) is 32.3 Å². The van der Waals surface area contributed by atoms with Crippen LogP contribution in [-0.4, -0.2) is 27.7 Å². The van der Waals surface area contributed by atoms with E-state index in [9.17, 15) is 15.0 Å². The van der Waals surface area contributed by atoms with Gasteiger partial charge in [0, 0.05) is 5.92 Å². The highest BCUT2D eigenvalue weighted by Gasteiger charge is 2.59. The predicted molar refractivity (Wildman–Crippen MR) is 116 cm³/mol. The molecule has 4 aliphatic rings. The van der Waals surface area contributed by atoms with Crippen LogP contribution >= 0.6 is 0 Å². The van der Waals surface area contributed by atoms with Gasteiger partial charge in [0.1, 0.15) is 0 Å². The maximum atomic E-state index is 13.1. The number of fused-ring (bicyclic) bond motifs is 5. The average molecular weight is 403 g/mol. The van der Waals surface area contributed by atoms with Gasteiger partial charge in [-0.2, -0.15) is 0 Å². The minimum atomic E-state index is -0.654. The zero-order chi connectivity index (χ0) is 21.0. The maximum absolute atomic E-state index is 13.1. The van der Waals surface area contributed by atoms with Crippen molar-refractivity contribution in [1.82, 2.24) is 0 Å². The highest BCUT2D eigenvalue weighted by molar-refractivity contribution is 5.94. The SMILES string of the molecule is CC(C)(O)CCCC(O)C1CCC2C3=CC(=O)C4CCCCC4(C)C3CCC21C. The number of allylic oxidation sites excluding steroid dienone is 2. The molecule has 0 amide bonds. The zero-order valence-corrected chi connectivity index (χ0v) is 19.0. The van der Waals surface area contributed by atoms with E-state index >= 15 is 0 Å². The second-order valence-electron chi connectivity index (χ2n) is 12.0. The van der Waals surface area contributed by atoms with Crippen molar-refractivity contribution < 1.29 is 15.0 Å². The number of ketones is 1. The molecule has 0 heterocycles. The molecule has 0 spiro atoms. The first-order valence-electron chi connectivity index (χ1n) is 12.2. The molecule has 0 aromatic rings. The topological polar surface area (TPSA) is 57.5 Å². The second kappa shape index (κ2) is 7.48. The summed E-state index contributed by atoms with van der Waals surface area (Å²) in [4.78, 5) is 13.1. The van der Waals surface area contributed by atoms with Crippen LogP contribution in [0.25, 0.3) is 0 Å². The molecular weight excluding hydrogens is 360 g/mol. The number of carbonyl (C=O) groups is 1. The summed E-state index contributed by atoms with van der Waals surface area (Å²) in [6.45, 7) is 8.50. The van der Waals surface area contributed by atoms with Crippen molar-refractivity contribution in [2.75, 3.05) is 0 Å². The van der Waals surface area contributed by atoms with Crippen molar-refractivity contribution in [3.8, 4) is 0 Å². The molecule has 3 nitrogen and oxygen atoms in total. The summed E-state index contributed by atoms with van der Waals surface area (Å²) >= 11 is 0. The summed E-state index contributed by atoms with van der Waals surface area (Å²) in [5.41, 5.74) is 1.09. The van der Waals surface area contributed by atoms with E-state index in [0.29, 0.717) is 23.5 Å². The van der Waals surface area contributed by atoms with Gasteiger partial charge in [-0.3, -0.25) is 4.79 Å². The second-order valence-corrected chi connectivity index (χ2v) is 12.0. The van der Waals surface area contributed by atoms with E-state index in [4.69, 9.17) is 0 Å². The van der Waals surface area contributed by atoms with Crippen molar-refractivity contribution in [3.63, 3.8) is 0 Å². The summed E-state index contributed by atoms with van der Waals surface area (Å²) in [6.07, 6.45) is 13.5. The van der Waals surface area contributed by atoms with Gasteiger partial charge in [0.2, 0.25) is 0 Å². The van der Waals surface area contributed by atoms with E-state index in [2.05, 4.69) is 19.9 Å². The van der Waals surface area contributed by atoms with E-state index in [-0.39, 0.29) is 22.9 Å². The van der Waals surface area contributed by atoms with Crippen molar-refractivity contribution >= 4 is 5.78 Å². The van der Waals surface area contributed by atoms with Gasteiger partial charge in [-0.05, 0) is 106 Å². The average Bonchev–Trinajstić information content (AvgIpc) is 2.98. The van der Waals surface area contributed by atoms with Gasteiger partial charge < -0.3 is 10.2 Å². The summed E-state index contributed by atoms with van der Waals surface area (Å²) < 4.78 is 0. The van der Waals surface area contributed by atoms with Crippen LogP contribution in [0.15, 0.2) is 11.6 Å². The lowest BCUT2D eigenvalue weighted by atomic mass is 9.48. The monoisotopic (exact) mass is 402 g/mol. The highest BCUT2D eigenvalue weighted by atomic mass is 16.3. The summed E-state index contributed by atoms with van der Waals surface area (Å²) in [7, 11) is 0. The fourth-order valence-electron chi connectivity index (χ4n) is 8.03. The van der Waals surface area contributed by atoms with Crippen LogP contribution in [0.5, 0.6) is 0 Å². The normalized spacial score (nSPS) is 43.2.